The lowest BCUT2D eigenvalue weighted by molar-refractivity contribution is -0.134. The van der Waals surface area contributed by atoms with Crippen molar-refractivity contribution in [3.05, 3.63) is 5.92 Å². The van der Waals surface area contributed by atoms with Gasteiger partial charge in [-0.3, -0.25) is 9.59 Å². The zero-order valence-electron chi connectivity index (χ0n) is 6.14. The van der Waals surface area contributed by atoms with Crippen molar-refractivity contribution in [2.24, 2.45) is 0 Å². The second-order valence-electron chi connectivity index (χ2n) is 2.61. The highest BCUT2D eigenvalue weighted by molar-refractivity contribution is 6.33. The van der Waals surface area contributed by atoms with Crippen molar-refractivity contribution in [3.63, 3.8) is 0 Å². The number of hydrogen-bond donors (Lipinski definition) is 0. The smallest absolute Gasteiger partial charge is 0.155 e. The van der Waals surface area contributed by atoms with Crippen LogP contribution >= 0.6 is 0 Å². The van der Waals surface area contributed by atoms with Crippen LogP contribution in [-0.2, 0) is 9.59 Å². The van der Waals surface area contributed by atoms with Gasteiger partial charge in [0.2, 0.25) is 0 Å². The molecule has 0 N–H and O–H groups in total. The molecule has 2 heteroatoms. The monoisotopic (exact) mass is 139 g/mol. The van der Waals surface area contributed by atoms with Gasteiger partial charge in [0.1, 0.15) is 5.92 Å². The van der Waals surface area contributed by atoms with Crippen molar-refractivity contribution in [1.82, 2.24) is 0 Å². The highest BCUT2D eigenvalue weighted by atomic mass is 16.2. The first kappa shape index (κ1) is 7.45. The van der Waals surface area contributed by atoms with Gasteiger partial charge in [0, 0.05) is 0 Å². The molecule has 0 saturated heterocycles. The molecule has 1 fully saturated rings. The Bertz CT molecular complexity index is 147. The topological polar surface area (TPSA) is 34.1 Å². The summed E-state index contributed by atoms with van der Waals surface area (Å²) >= 11 is 0. The minimum Gasteiger partial charge on any atom is -0.298 e. The fourth-order valence-electron chi connectivity index (χ4n) is 1.04. The van der Waals surface area contributed by atoms with Crippen molar-refractivity contribution < 1.29 is 9.59 Å². The molecule has 1 rings (SSSR count). The Labute approximate surface area is 60.6 Å². The maximum atomic E-state index is 10.7. The number of unbranched alkanes of at least 4 members (excludes halogenated alkanes) is 1. The average molecular weight is 139 g/mol. The van der Waals surface area contributed by atoms with E-state index in [1.807, 2.05) is 6.92 Å². The first-order valence-corrected chi connectivity index (χ1v) is 3.68. The molecule has 0 aromatic rings. The maximum Gasteiger partial charge on any atom is 0.155 e. The standard InChI is InChI=1S/C8H11O2/c1-2-3-4-6-7(9)5-8(6)10/h2-5H2,1H3. The summed E-state index contributed by atoms with van der Waals surface area (Å²) in [5.74, 6) is 0.693. The van der Waals surface area contributed by atoms with Crippen LogP contribution < -0.4 is 0 Å². The molecular formula is C8H11O2. The van der Waals surface area contributed by atoms with Crippen LogP contribution in [0.2, 0.25) is 0 Å². The third-order valence-electron chi connectivity index (χ3n) is 1.77. The number of carbonyl (C=O) groups excluding carboxylic acids is 2. The molecule has 1 radical (unpaired) electrons. The first-order valence-electron chi connectivity index (χ1n) is 3.68. The summed E-state index contributed by atoms with van der Waals surface area (Å²) in [7, 11) is 0. The van der Waals surface area contributed by atoms with Crippen LogP contribution in [0.3, 0.4) is 0 Å². The summed E-state index contributed by atoms with van der Waals surface area (Å²) in [6, 6.07) is 0. The number of carbonyl (C=O) groups is 2. The lowest BCUT2D eigenvalue weighted by Gasteiger charge is -2.20. The van der Waals surface area contributed by atoms with E-state index in [1.54, 1.807) is 0 Å². The van der Waals surface area contributed by atoms with E-state index in [4.69, 9.17) is 0 Å². The SMILES string of the molecule is CCCC[C]1C(=O)CC1=O. The van der Waals surface area contributed by atoms with Gasteiger partial charge in [-0.1, -0.05) is 19.8 Å². The van der Waals surface area contributed by atoms with Gasteiger partial charge in [-0.05, 0) is 6.42 Å². The third-order valence-corrected chi connectivity index (χ3v) is 1.77. The van der Waals surface area contributed by atoms with E-state index in [0.29, 0.717) is 12.3 Å². The Morgan fingerprint density at radius 2 is 1.90 bits per heavy atom. The Balaban J connectivity index is 2.27. The number of rotatable bonds is 3. The molecule has 0 aliphatic heterocycles. The minimum absolute atomic E-state index is 0.0680. The Kier molecular flexibility index (Phi) is 2.20. The quantitative estimate of drug-likeness (QED) is 0.552. The van der Waals surface area contributed by atoms with E-state index < -0.39 is 0 Å². The molecular weight excluding hydrogens is 128 g/mol. The van der Waals surface area contributed by atoms with E-state index in [9.17, 15) is 9.59 Å². The largest absolute Gasteiger partial charge is 0.298 e. The number of Topliss-reactive ketones (excluding diaryl/α,β-unsaturated/α-hetero) is 2. The summed E-state index contributed by atoms with van der Waals surface area (Å²) in [6.45, 7) is 2.05. The van der Waals surface area contributed by atoms with E-state index in [0.717, 1.165) is 12.8 Å². The maximum absolute atomic E-state index is 10.7. The van der Waals surface area contributed by atoms with Gasteiger partial charge in [-0.15, -0.1) is 0 Å². The lowest BCUT2D eigenvalue weighted by Crippen LogP contribution is -2.35. The second kappa shape index (κ2) is 2.95. The summed E-state index contributed by atoms with van der Waals surface area (Å²) in [5.41, 5.74) is 0. The summed E-state index contributed by atoms with van der Waals surface area (Å²) in [5, 5.41) is 0. The molecule has 55 valence electrons. The Morgan fingerprint density at radius 1 is 1.30 bits per heavy atom. The summed E-state index contributed by atoms with van der Waals surface area (Å²) < 4.78 is 0. The van der Waals surface area contributed by atoms with Crippen molar-refractivity contribution >= 4 is 11.6 Å². The molecule has 1 aliphatic rings. The van der Waals surface area contributed by atoms with Crippen molar-refractivity contribution in [1.29, 1.82) is 0 Å². The Hall–Kier alpha value is -0.660. The molecule has 0 aromatic carbocycles. The van der Waals surface area contributed by atoms with Crippen molar-refractivity contribution in [2.45, 2.75) is 32.6 Å². The fraction of sp³-hybridized carbons (Fsp3) is 0.625. The lowest BCUT2D eigenvalue weighted by atomic mass is 9.79. The molecule has 0 amide bonds. The van der Waals surface area contributed by atoms with Gasteiger partial charge in [0.25, 0.3) is 0 Å². The fourth-order valence-corrected chi connectivity index (χ4v) is 1.04. The molecule has 0 bridgehead atoms. The molecule has 1 aliphatic carbocycles. The molecule has 1 saturated carbocycles. The van der Waals surface area contributed by atoms with E-state index in [2.05, 4.69) is 0 Å². The molecule has 2 nitrogen and oxygen atoms in total. The number of hydrogen-bond acceptors (Lipinski definition) is 2. The van der Waals surface area contributed by atoms with E-state index in [1.165, 1.54) is 0 Å². The zero-order valence-corrected chi connectivity index (χ0v) is 6.14. The predicted octanol–water partition coefficient (Wildman–Crippen LogP) is 1.29. The van der Waals surface area contributed by atoms with Crippen LogP contribution in [0.4, 0.5) is 0 Å². The van der Waals surface area contributed by atoms with Gasteiger partial charge >= 0.3 is 0 Å². The first-order chi connectivity index (χ1) is 4.75. The second-order valence-corrected chi connectivity index (χ2v) is 2.61. The van der Waals surface area contributed by atoms with Crippen LogP contribution in [0.25, 0.3) is 0 Å². The van der Waals surface area contributed by atoms with Crippen LogP contribution in [-0.4, -0.2) is 11.6 Å². The van der Waals surface area contributed by atoms with Crippen molar-refractivity contribution in [3.8, 4) is 0 Å². The molecule has 0 heterocycles. The molecule has 0 atom stereocenters. The molecule has 0 unspecified atom stereocenters. The number of ketones is 2. The van der Waals surface area contributed by atoms with E-state index in [-0.39, 0.29) is 18.0 Å². The molecule has 0 spiro atoms. The van der Waals surface area contributed by atoms with Crippen LogP contribution in [0.5, 0.6) is 0 Å². The average Bonchev–Trinajstić information content (AvgIpc) is 1.89. The third kappa shape index (κ3) is 1.25. The summed E-state index contributed by atoms with van der Waals surface area (Å²) in [4.78, 5) is 21.4. The summed E-state index contributed by atoms with van der Waals surface area (Å²) in [6.07, 6.45) is 2.88. The van der Waals surface area contributed by atoms with Gasteiger partial charge in [0.05, 0.1) is 6.42 Å². The van der Waals surface area contributed by atoms with Gasteiger partial charge < -0.3 is 0 Å². The van der Waals surface area contributed by atoms with Gasteiger partial charge in [-0.2, -0.15) is 0 Å². The normalized spacial score (nSPS) is 19.3. The van der Waals surface area contributed by atoms with Gasteiger partial charge in [-0.25, -0.2) is 0 Å². The highest BCUT2D eigenvalue weighted by Gasteiger charge is 2.37. The zero-order chi connectivity index (χ0) is 7.56. The van der Waals surface area contributed by atoms with Gasteiger partial charge in [0.15, 0.2) is 11.6 Å². The highest BCUT2D eigenvalue weighted by Crippen LogP contribution is 2.25. The van der Waals surface area contributed by atoms with Crippen LogP contribution in [0.1, 0.15) is 32.6 Å². The van der Waals surface area contributed by atoms with Crippen LogP contribution in [0.15, 0.2) is 0 Å². The van der Waals surface area contributed by atoms with Crippen LogP contribution in [0, 0.1) is 5.92 Å². The minimum atomic E-state index is 0.0680. The predicted molar refractivity (Wildman–Crippen MR) is 37.4 cm³/mol. The molecule has 0 aromatic heterocycles. The van der Waals surface area contributed by atoms with E-state index >= 15 is 0 Å². The molecule has 10 heavy (non-hydrogen) atoms. The van der Waals surface area contributed by atoms with Crippen molar-refractivity contribution in [2.75, 3.05) is 0 Å². The Morgan fingerprint density at radius 3 is 2.30 bits per heavy atom.